The summed E-state index contributed by atoms with van der Waals surface area (Å²) in [6.45, 7) is 3.98. The number of methoxy groups -OCH3 is 1. The third-order valence-corrected chi connectivity index (χ3v) is 4.15. The topological polar surface area (TPSA) is 58.6 Å². The molecule has 2 rings (SSSR count). The number of halogens is 2. The number of carbonyl (C=O) groups excluding carboxylic acids is 2. The highest BCUT2D eigenvalue weighted by Gasteiger charge is 2.36. The third kappa shape index (κ3) is 2.91. The second-order valence-corrected chi connectivity index (χ2v) is 5.63. The lowest BCUT2D eigenvalue weighted by Gasteiger charge is -2.35. The first kappa shape index (κ1) is 16.6. The monoisotopic (exact) mass is 342 g/mol. The molecule has 2 amide bonds. The summed E-state index contributed by atoms with van der Waals surface area (Å²) in [7, 11) is 1.30. The largest absolute Gasteiger partial charge is 0.466 e. The lowest BCUT2D eigenvalue weighted by Crippen LogP contribution is -2.47. The molecule has 1 aliphatic heterocycles. The summed E-state index contributed by atoms with van der Waals surface area (Å²) >= 11 is 12.1. The molecule has 0 aromatic heterocycles. The predicted octanol–water partition coefficient (Wildman–Crippen LogP) is 3.53. The number of nitrogens with one attached hydrogen (secondary N) is 1. The van der Waals surface area contributed by atoms with Crippen molar-refractivity contribution < 1.29 is 14.3 Å². The molecule has 22 heavy (non-hydrogen) atoms. The number of carbonyl (C=O) groups is 2. The number of hydrogen-bond acceptors (Lipinski definition) is 3. The zero-order valence-electron chi connectivity index (χ0n) is 12.4. The number of benzene rings is 1. The van der Waals surface area contributed by atoms with E-state index in [1.807, 2.05) is 6.92 Å². The Morgan fingerprint density at radius 1 is 1.41 bits per heavy atom. The molecule has 7 heteroatoms. The number of hydrogen-bond donors (Lipinski definition) is 1. The van der Waals surface area contributed by atoms with Crippen LogP contribution in [0, 0.1) is 0 Å². The Labute approximate surface area is 138 Å². The van der Waals surface area contributed by atoms with E-state index in [1.54, 1.807) is 25.1 Å². The third-order valence-electron chi connectivity index (χ3n) is 3.59. The molecule has 0 saturated heterocycles. The summed E-state index contributed by atoms with van der Waals surface area (Å²) in [5.74, 6) is -0.507. The van der Waals surface area contributed by atoms with Crippen molar-refractivity contribution in [1.82, 2.24) is 10.2 Å². The number of rotatable bonds is 3. The Bertz CT molecular complexity index is 658. The van der Waals surface area contributed by atoms with Gasteiger partial charge in [0.1, 0.15) is 0 Å². The molecule has 1 aromatic rings. The van der Waals surface area contributed by atoms with Gasteiger partial charge >= 0.3 is 12.0 Å². The van der Waals surface area contributed by atoms with Gasteiger partial charge in [0.25, 0.3) is 0 Å². The molecular weight excluding hydrogens is 327 g/mol. The van der Waals surface area contributed by atoms with Crippen molar-refractivity contribution in [3.05, 3.63) is 45.1 Å². The van der Waals surface area contributed by atoms with Crippen LogP contribution < -0.4 is 5.32 Å². The Balaban J connectivity index is 2.60. The van der Waals surface area contributed by atoms with Crippen molar-refractivity contribution in [2.24, 2.45) is 0 Å². The highest BCUT2D eigenvalue weighted by atomic mass is 35.5. The summed E-state index contributed by atoms with van der Waals surface area (Å²) in [5.41, 5.74) is 1.50. The van der Waals surface area contributed by atoms with Crippen LogP contribution in [0.15, 0.2) is 29.5 Å². The Morgan fingerprint density at radius 3 is 2.64 bits per heavy atom. The maximum atomic E-state index is 12.2. The van der Waals surface area contributed by atoms with Gasteiger partial charge in [-0.15, -0.1) is 0 Å². The number of ether oxygens (including phenoxy) is 1. The van der Waals surface area contributed by atoms with E-state index >= 15 is 0 Å². The fourth-order valence-electron chi connectivity index (χ4n) is 2.51. The maximum absolute atomic E-state index is 12.2. The van der Waals surface area contributed by atoms with Gasteiger partial charge in [0.15, 0.2) is 0 Å². The maximum Gasteiger partial charge on any atom is 0.337 e. The van der Waals surface area contributed by atoms with E-state index in [0.29, 0.717) is 33.4 Å². The van der Waals surface area contributed by atoms with Crippen LogP contribution >= 0.6 is 23.2 Å². The molecule has 5 nitrogen and oxygen atoms in total. The molecular formula is C15H16Cl2N2O3. The summed E-state index contributed by atoms with van der Waals surface area (Å²) in [6, 6.07) is 3.95. The van der Waals surface area contributed by atoms with E-state index in [1.165, 1.54) is 12.0 Å². The average Bonchev–Trinajstić information content (AvgIpc) is 2.46. The summed E-state index contributed by atoms with van der Waals surface area (Å²) < 4.78 is 4.86. The fourth-order valence-corrected chi connectivity index (χ4v) is 3.02. The van der Waals surface area contributed by atoms with Gasteiger partial charge < -0.3 is 10.1 Å². The summed E-state index contributed by atoms with van der Waals surface area (Å²) in [4.78, 5) is 25.9. The van der Waals surface area contributed by atoms with Gasteiger partial charge in [-0.1, -0.05) is 29.3 Å². The second-order valence-electron chi connectivity index (χ2n) is 4.78. The fraction of sp³-hybridized carbons (Fsp3) is 0.333. The molecule has 0 radical (unpaired) electrons. The van der Waals surface area contributed by atoms with Crippen molar-refractivity contribution >= 4 is 35.2 Å². The number of amides is 2. The van der Waals surface area contributed by atoms with Crippen LogP contribution in [-0.2, 0) is 9.53 Å². The summed E-state index contributed by atoms with van der Waals surface area (Å²) in [6.07, 6.45) is 0. The zero-order chi connectivity index (χ0) is 16.4. The Hall–Kier alpha value is -1.72. The van der Waals surface area contributed by atoms with Crippen LogP contribution in [0.2, 0.25) is 10.0 Å². The lowest BCUT2D eigenvalue weighted by atomic mass is 9.95. The minimum absolute atomic E-state index is 0.288. The number of allylic oxidation sites excluding steroid dienone is 1. The highest BCUT2D eigenvalue weighted by Crippen LogP contribution is 2.35. The van der Waals surface area contributed by atoms with Gasteiger partial charge in [-0.3, -0.25) is 4.90 Å². The van der Waals surface area contributed by atoms with E-state index in [4.69, 9.17) is 27.9 Å². The van der Waals surface area contributed by atoms with Crippen molar-refractivity contribution in [2.45, 2.75) is 19.9 Å². The first-order chi connectivity index (χ1) is 10.4. The molecule has 1 aliphatic rings. The Kier molecular flexibility index (Phi) is 4.98. The minimum atomic E-state index is -0.674. The van der Waals surface area contributed by atoms with E-state index in [-0.39, 0.29) is 6.03 Å². The molecule has 0 unspecified atom stereocenters. The Morgan fingerprint density at radius 2 is 2.09 bits per heavy atom. The normalized spacial score (nSPS) is 18.3. The quantitative estimate of drug-likeness (QED) is 0.855. The van der Waals surface area contributed by atoms with E-state index in [0.717, 1.165) is 0 Å². The molecule has 118 valence electrons. The van der Waals surface area contributed by atoms with Crippen LogP contribution in [-0.4, -0.2) is 30.6 Å². The molecule has 0 bridgehead atoms. The van der Waals surface area contributed by atoms with Gasteiger partial charge in [0, 0.05) is 22.3 Å². The first-order valence-electron chi connectivity index (χ1n) is 6.72. The van der Waals surface area contributed by atoms with Crippen LogP contribution in [0.4, 0.5) is 4.79 Å². The van der Waals surface area contributed by atoms with Gasteiger partial charge in [-0.05, 0) is 31.5 Å². The number of esters is 1. The van der Waals surface area contributed by atoms with Crippen molar-refractivity contribution in [1.29, 1.82) is 0 Å². The van der Waals surface area contributed by atoms with Gasteiger partial charge in [0.05, 0.1) is 18.7 Å². The van der Waals surface area contributed by atoms with Crippen molar-refractivity contribution in [3.8, 4) is 0 Å². The SMILES string of the molecule is CCN1C(=O)N[C@@H](c2ccc(Cl)cc2Cl)C(C(=O)OC)=C1C. The molecule has 0 fully saturated rings. The molecule has 1 N–H and O–H groups in total. The first-order valence-corrected chi connectivity index (χ1v) is 7.48. The molecule has 0 aliphatic carbocycles. The molecule has 0 saturated carbocycles. The van der Waals surface area contributed by atoms with Gasteiger partial charge in [-0.25, -0.2) is 9.59 Å². The summed E-state index contributed by atoms with van der Waals surface area (Å²) in [5, 5.41) is 3.64. The van der Waals surface area contributed by atoms with Crippen molar-refractivity contribution in [3.63, 3.8) is 0 Å². The smallest absolute Gasteiger partial charge is 0.337 e. The molecule has 1 atom stereocenters. The van der Waals surface area contributed by atoms with Gasteiger partial charge in [0.2, 0.25) is 0 Å². The standard InChI is InChI=1S/C15H16Cl2N2O3/c1-4-19-8(2)12(14(20)22-3)13(18-15(19)21)10-6-5-9(16)7-11(10)17/h5-7,13H,4H2,1-3H3,(H,18,21)/t13-/m0/s1. The minimum Gasteiger partial charge on any atom is -0.466 e. The lowest BCUT2D eigenvalue weighted by molar-refractivity contribution is -0.136. The number of nitrogens with zero attached hydrogens (tertiary/aromatic N) is 1. The van der Waals surface area contributed by atoms with Crippen LogP contribution in [0.3, 0.4) is 0 Å². The van der Waals surface area contributed by atoms with Crippen molar-refractivity contribution in [2.75, 3.05) is 13.7 Å². The van der Waals surface area contributed by atoms with Gasteiger partial charge in [-0.2, -0.15) is 0 Å². The second kappa shape index (κ2) is 6.58. The molecule has 1 heterocycles. The van der Waals surface area contributed by atoms with E-state index < -0.39 is 12.0 Å². The van der Waals surface area contributed by atoms with Crippen LogP contribution in [0.5, 0.6) is 0 Å². The highest BCUT2D eigenvalue weighted by molar-refractivity contribution is 6.35. The number of urea groups is 1. The zero-order valence-corrected chi connectivity index (χ0v) is 14.0. The van der Waals surface area contributed by atoms with Crippen LogP contribution in [0.1, 0.15) is 25.5 Å². The predicted molar refractivity (Wildman–Crippen MR) is 84.8 cm³/mol. The average molecular weight is 343 g/mol. The molecule has 0 spiro atoms. The van der Waals surface area contributed by atoms with Crippen LogP contribution in [0.25, 0.3) is 0 Å². The van der Waals surface area contributed by atoms with E-state index in [2.05, 4.69) is 5.32 Å². The molecule has 1 aromatic carbocycles. The van der Waals surface area contributed by atoms with E-state index in [9.17, 15) is 9.59 Å².